The van der Waals surface area contributed by atoms with Crippen molar-refractivity contribution in [1.29, 1.82) is 0 Å². The molecule has 106 valence electrons. The third kappa shape index (κ3) is 2.59. The molecule has 0 fully saturated rings. The molecule has 1 aromatic carbocycles. The number of aromatic nitrogens is 3. The maximum Gasteiger partial charge on any atom is 0.105 e. The molecule has 20 heavy (non-hydrogen) atoms. The molecule has 5 nitrogen and oxygen atoms in total. The van der Waals surface area contributed by atoms with Gasteiger partial charge in [0.25, 0.3) is 0 Å². The number of fused-ring (bicyclic) bond motifs is 1. The third-order valence-electron chi connectivity index (χ3n) is 3.91. The molecule has 0 radical (unpaired) electrons. The van der Waals surface area contributed by atoms with Gasteiger partial charge in [0.1, 0.15) is 5.69 Å². The summed E-state index contributed by atoms with van der Waals surface area (Å²) in [6.45, 7) is 2.31. The van der Waals surface area contributed by atoms with Gasteiger partial charge in [0, 0.05) is 20.0 Å². The molecule has 1 aliphatic heterocycles. The van der Waals surface area contributed by atoms with Gasteiger partial charge in [-0.25, -0.2) is 0 Å². The summed E-state index contributed by atoms with van der Waals surface area (Å²) in [7, 11) is 4.08. The zero-order chi connectivity index (χ0) is 13.9. The lowest BCUT2D eigenvalue weighted by molar-refractivity contribution is 0.0536. The summed E-state index contributed by atoms with van der Waals surface area (Å²) in [5.41, 5.74) is 3.50. The van der Waals surface area contributed by atoms with Crippen molar-refractivity contribution >= 4 is 0 Å². The van der Waals surface area contributed by atoms with Gasteiger partial charge < -0.3 is 4.74 Å². The minimum Gasteiger partial charge on any atom is -0.375 e. The largest absolute Gasteiger partial charge is 0.375 e. The van der Waals surface area contributed by atoms with E-state index in [0.717, 1.165) is 18.7 Å². The van der Waals surface area contributed by atoms with Crippen LogP contribution < -0.4 is 0 Å². The fraction of sp³-hybridized carbons (Fsp3) is 0.467. The molecule has 1 aliphatic rings. The van der Waals surface area contributed by atoms with Gasteiger partial charge >= 0.3 is 0 Å². The Bertz CT molecular complexity index is 567. The van der Waals surface area contributed by atoms with Crippen molar-refractivity contribution in [2.45, 2.75) is 19.1 Å². The van der Waals surface area contributed by atoms with Crippen molar-refractivity contribution in [2.24, 2.45) is 7.05 Å². The highest BCUT2D eigenvalue weighted by Crippen LogP contribution is 2.26. The molecule has 2 heterocycles. The Hall–Kier alpha value is -1.72. The minimum atomic E-state index is 0.205. The average molecular weight is 272 g/mol. The van der Waals surface area contributed by atoms with E-state index in [9.17, 15) is 0 Å². The van der Waals surface area contributed by atoms with E-state index in [0.29, 0.717) is 13.2 Å². The molecule has 5 heteroatoms. The Morgan fingerprint density at radius 2 is 2.05 bits per heavy atom. The quantitative estimate of drug-likeness (QED) is 0.847. The van der Waals surface area contributed by atoms with Gasteiger partial charge in [0.15, 0.2) is 0 Å². The zero-order valence-corrected chi connectivity index (χ0v) is 12.0. The first-order valence-corrected chi connectivity index (χ1v) is 6.96. The third-order valence-corrected chi connectivity index (χ3v) is 3.91. The highest BCUT2D eigenvalue weighted by molar-refractivity contribution is 5.19. The highest BCUT2D eigenvalue weighted by atomic mass is 16.5. The van der Waals surface area contributed by atoms with Crippen molar-refractivity contribution < 1.29 is 4.74 Å². The van der Waals surface area contributed by atoms with Crippen LogP contribution in [0, 0.1) is 0 Å². The molecule has 0 aliphatic carbocycles. The molecule has 1 unspecified atom stereocenters. The van der Waals surface area contributed by atoms with Gasteiger partial charge in [-0.05, 0) is 12.6 Å². The average Bonchev–Trinajstić information content (AvgIpc) is 2.84. The Balaban J connectivity index is 1.65. The van der Waals surface area contributed by atoms with E-state index in [1.807, 2.05) is 29.9 Å². The second-order valence-corrected chi connectivity index (χ2v) is 5.29. The van der Waals surface area contributed by atoms with Crippen LogP contribution in [0.15, 0.2) is 30.3 Å². The van der Waals surface area contributed by atoms with E-state index in [1.54, 1.807) is 0 Å². The lowest BCUT2D eigenvalue weighted by Gasteiger charge is -2.31. The summed E-state index contributed by atoms with van der Waals surface area (Å²) >= 11 is 0. The predicted molar refractivity (Wildman–Crippen MR) is 76.2 cm³/mol. The van der Waals surface area contributed by atoms with E-state index in [-0.39, 0.29) is 6.04 Å². The summed E-state index contributed by atoms with van der Waals surface area (Å²) in [5.74, 6) is 0. The van der Waals surface area contributed by atoms with Crippen LogP contribution in [-0.4, -0.2) is 40.1 Å². The van der Waals surface area contributed by atoms with E-state index >= 15 is 0 Å². The maximum atomic E-state index is 5.88. The van der Waals surface area contributed by atoms with Crippen molar-refractivity contribution in [3.8, 4) is 0 Å². The molecular weight excluding hydrogens is 252 g/mol. The molecule has 0 N–H and O–H groups in total. The van der Waals surface area contributed by atoms with E-state index in [2.05, 4.69) is 34.4 Å². The van der Waals surface area contributed by atoms with Crippen LogP contribution in [0.4, 0.5) is 0 Å². The van der Waals surface area contributed by atoms with E-state index in [1.165, 1.54) is 11.3 Å². The number of likely N-dealkylation sites (N-methyl/N-ethyl adjacent to an activating group) is 1. The second kappa shape index (κ2) is 5.73. The highest BCUT2D eigenvalue weighted by Gasteiger charge is 2.29. The Kier molecular flexibility index (Phi) is 3.80. The second-order valence-electron chi connectivity index (χ2n) is 5.29. The Labute approximate surface area is 119 Å². The first-order chi connectivity index (χ1) is 9.75. The first kappa shape index (κ1) is 13.3. The molecule has 1 atom stereocenters. The number of aryl methyl sites for hydroxylation is 1. The number of ether oxygens (including phenoxy) is 1. The van der Waals surface area contributed by atoms with Gasteiger partial charge in [-0.15, -0.1) is 5.10 Å². The number of nitrogens with zero attached hydrogens (tertiary/aromatic N) is 4. The maximum absolute atomic E-state index is 5.88. The van der Waals surface area contributed by atoms with Crippen LogP contribution in [0.1, 0.15) is 23.0 Å². The van der Waals surface area contributed by atoms with Crippen molar-refractivity contribution in [2.75, 3.05) is 20.2 Å². The Morgan fingerprint density at radius 1 is 1.25 bits per heavy atom. The summed E-state index contributed by atoms with van der Waals surface area (Å²) in [6.07, 6.45) is 1.00. The number of rotatable bonds is 4. The fourth-order valence-corrected chi connectivity index (χ4v) is 2.66. The van der Waals surface area contributed by atoms with Crippen LogP contribution >= 0.6 is 0 Å². The van der Waals surface area contributed by atoms with Gasteiger partial charge in [0.05, 0.1) is 24.9 Å². The minimum absolute atomic E-state index is 0.205. The molecule has 0 spiro atoms. The molecule has 0 amide bonds. The zero-order valence-electron chi connectivity index (χ0n) is 12.0. The molecule has 0 saturated heterocycles. The molecule has 0 saturated carbocycles. The number of benzene rings is 1. The summed E-state index contributed by atoms with van der Waals surface area (Å²) < 4.78 is 7.76. The lowest BCUT2D eigenvalue weighted by atomic mass is 10.0. The van der Waals surface area contributed by atoms with Crippen LogP contribution in [-0.2, 0) is 24.8 Å². The standard InChI is InChI=1S/C15H20N4O/c1-18-9-8-13-15(16-17-19(13)2)14(18)11-20-10-12-6-4-3-5-7-12/h3-7,14H,8-11H2,1-2H3. The molecule has 1 aromatic heterocycles. The van der Waals surface area contributed by atoms with E-state index in [4.69, 9.17) is 4.74 Å². The smallest absolute Gasteiger partial charge is 0.105 e. The molecular formula is C15H20N4O. The van der Waals surface area contributed by atoms with E-state index < -0.39 is 0 Å². The summed E-state index contributed by atoms with van der Waals surface area (Å²) in [6, 6.07) is 10.5. The fourth-order valence-electron chi connectivity index (χ4n) is 2.66. The van der Waals surface area contributed by atoms with Crippen molar-refractivity contribution in [3.63, 3.8) is 0 Å². The van der Waals surface area contributed by atoms with Crippen molar-refractivity contribution in [1.82, 2.24) is 19.9 Å². The topological polar surface area (TPSA) is 43.2 Å². The van der Waals surface area contributed by atoms with Crippen LogP contribution in [0.3, 0.4) is 0 Å². The number of hydrogen-bond donors (Lipinski definition) is 0. The summed E-state index contributed by atoms with van der Waals surface area (Å²) in [5, 5.41) is 8.44. The molecule has 3 rings (SSSR count). The van der Waals surface area contributed by atoms with Crippen molar-refractivity contribution in [3.05, 3.63) is 47.3 Å². The van der Waals surface area contributed by atoms with Gasteiger partial charge in [-0.3, -0.25) is 9.58 Å². The Morgan fingerprint density at radius 3 is 2.85 bits per heavy atom. The summed E-state index contributed by atoms with van der Waals surface area (Å²) in [4.78, 5) is 2.29. The normalized spacial score (nSPS) is 19.0. The SMILES string of the molecule is CN1CCc2c(nnn2C)C1COCc1ccccc1. The lowest BCUT2D eigenvalue weighted by Crippen LogP contribution is -2.35. The molecule has 2 aromatic rings. The van der Waals surface area contributed by atoms with Gasteiger partial charge in [-0.1, -0.05) is 35.5 Å². The number of hydrogen-bond acceptors (Lipinski definition) is 4. The first-order valence-electron chi connectivity index (χ1n) is 6.96. The molecule has 0 bridgehead atoms. The van der Waals surface area contributed by atoms with Crippen LogP contribution in [0.5, 0.6) is 0 Å². The van der Waals surface area contributed by atoms with Crippen LogP contribution in [0.2, 0.25) is 0 Å². The van der Waals surface area contributed by atoms with Gasteiger partial charge in [-0.2, -0.15) is 0 Å². The van der Waals surface area contributed by atoms with Gasteiger partial charge in [0.2, 0.25) is 0 Å². The predicted octanol–water partition coefficient (Wildman–Crippen LogP) is 1.56. The van der Waals surface area contributed by atoms with Crippen LogP contribution in [0.25, 0.3) is 0 Å². The monoisotopic (exact) mass is 272 g/mol.